The number of halogens is 1. The van der Waals surface area contributed by atoms with Crippen molar-refractivity contribution >= 4 is 34.7 Å². The van der Waals surface area contributed by atoms with Gasteiger partial charge in [-0.15, -0.1) is 11.3 Å². The number of piperidine rings is 2. The van der Waals surface area contributed by atoms with E-state index in [4.69, 9.17) is 11.6 Å². The molecular formula is C20H25ClN3OS+. The van der Waals surface area contributed by atoms with E-state index >= 15 is 0 Å². The van der Waals surface area contributed by atoms with Gasteiger partial charge in [-0.1, -0.05) is 23.7 Å². The molecule has 0 spiro atoms. The molecule has 2 amide bonds. The highest BCUT2D eigenvalue weighted by Crippen LogP contribution is 2.23. The standard InChI is InChI=1S/C20H24ClN3OS/c21-14-4-1-5-15(10-14)22-20(25)23-16-11-17-6-2-7-18(12-16)24(17)13-19-8-3-9-26-19/h1,3-5,8-10,16-18H,2,6-7,11-13H2,(H2,22,23,25)/p+1/t17-,18-/m1/s1. The number of rotatable bonds is 4. The maximum atomic E-state index is 12.4. The Morgan fingerprint density at radius 3 is 2.69 bits per heavy atom. The van der Waals surface area contributed by atoms with Crippen molar-refractivity contribution in [2.45, 2.75) is 56.8 Å². The smallest absolute Gasteiger partial charge is 0.319 e. The SMILES string of the molecule is O=C(Nc1cccc(Cl)c1)NC1C[C@H]2CCC[C@H](C1)[NH+]2Cc1cccs1. The van der Waals surface area contributed by atoms with Gasteiger partial charge in [0.25, 0.3) is 0 Å². The van der Waals surface area contributed by atoms with Gasteiger partial charge in [0.15, 0.2) is 0 Å². The Hall–Kier alpha value is -1.56. The summed E-state index contributed by atoms with van der Waals surface area (Å²) in [7, 11) is 0. The highest BCUT2D eigenvalue weighted by Gasteiger charge is 2.42. The van der Waals surface area contributed by atoms with E-state index in [0.717, 1.165) is 25.1 Å². The van der Waals surface area contributed by atoms with Crippen LogP contribution in [-0.4, -0.2) is 24.2 Å². The minimum atomic E-state index is -0.128. The summed E-state index contributed by atoms with van der Waals surface area (Å²) in [5.41, 5.74) is 0.732. The Morgan fingerprint density at radius 1 is 1.19 bits per heavy atom. The van der Waals surface area contributed by atoms with E-state index in [0.29, 0.717) is 17.1 Å². The lowest BCUT2D eigenvalue weighted by atomic mass is 9.81. The number of hydrogen-bond acceptors (Lipinski definition) is 2. The van der Waals surface area contributed by atoms with Crippen molar-refractivity contribution in [3.05, 3.63) is 51.7 Å². The zero-order valence-electron chi connectivity index (χ0n) is 14.7. The first-order valence-electron chi connectivity index (χ1n) is 9.38. The zero-order chi connectivity index (χ0) is 17.9. The third-order valence-corrected chi connectivity index (χ3v) is 6.78. The summed E-state index contributed by atoms with van der Waals surface area (Å²) >= 11 is 7.84. The van der Waals surface area contributed by atoms with Crippen molar-refractivity contribution in [3.8, 4) is 0 Å². The fourth-order valence-corrected chi connectivity index (χ4v) is 5.51. The monoisotopic (exact) mass is 390 g/mol. The first-order chi connectivity index (χ1) is 12.7. The molecule has 2 aliphatic heterocycles. The van der Waals surface area contributed by atoms with Crippen molar-refractivity contribution in [3.63, 3.8) is 0 Å². The molecule has 0 radical (unpaired) electrons. The number of thiophene rings is 1. The van der Waals surface area contributed by atoms with Crippen LogP contribution in [0, 0.1) is 0 Å². The van der Waals surface area contributed by atoms with Crippen LogP contribution < -0.4 is 15.5 Å². The Labute approximate surface area is 163 Å². The number of carbonyl (C=O) groups is 1. The first-order valence-corrected chi connectivity index (χ1v) is 10.6. The van der Waals surface area contributed by atoms with Crippen LogP contribution in [0.3, 0.4) is 0 Å². The molecular weight excluding hydrogens is 366 g/mol. The Kier molecular flexibility index (Phi) is 5.48. The largest absolute Gasteiger partial charge is 0.335 e. The van der Waals surface area contributed by atoms with Crippen LogP contribution in [0.5, 0.6) is 0 Å². The van der Waals surface area contributed by atoms with Gasteiger partial charge in [-0.3, -0.25) is 0 Å². The fourth-order valence-electron chi connectivity index (χ4n) is 4.58. The molecule has 6 heteroatoms. The van der Waals surface area contributed by atoms with E-state index in [-0.39, 0.29) is 12.1 Å². The quantitative estimate of drug-likeness (QED) is 0.732. The molecule has 1 aromatic heterocycles. The summed E-state index contributed by atoms with van der Waals surface area (Å²) in [5.74, 6) is 0. The van der Waals surface area contributed by atoms with Gasteiger partial charge in [0.05, 0.1) is 17.0 Å². The summed E-state index contributed by atoms with van der Waals surface area (Å²) in [5, 5.41) is 8.89. The lowest BCUT2D eigenvalue weighted by molar-refractivity contribution is -0.973. The summed E-state index contributed by atoms with van der Waals surface area (Å²) in [6.45, 7) is 1.13. The molecule has 3 N–H and O–H groups in total. The first kappa shape index (κ1) is 17.8. The third-order valence-electron chi connectivity index (χ3n) is 5.67. The van der Waals surface area contributed by atoms with Crippen LogP contribution in [0.15, 0.2) is 41.8 Å². The molecule has 2 atom stereocenters. The minimum absolute atomic E-state index is 0.128. The molecule has 0 saturated carbocycles. The van der Waals surface area contributed by atoms with E-state index in [1.165, 1.54) is 24.1 Å². The summed E-state index contributed by atoms with van der Waals surface area (Å²) < 4.78 is 0. The van der Waals surface area contributed by atoms with Gasteiger partial charge in [0.2, 0.25) is 0 Å². The van der Waals surface area contributed by atoms with Crippen molar-refractivity contribution in [2.75, 3.05) is 5.32 Å². The van der Waals surface area contributed by atoms with Gasteiger partial charge >= 0.3 is 6.03 Å². The number of hydrogen-bond donors (Lipinski definition) is 3. The van der Waals surface area contributed by atoms with Crippen LogP contribution in [-0.2, 0) is 6.54 Å². The predicted octanol–water partition coefficient (Wildman–Crippen LogP) is 3.69. The van der Waals surface area contributed by atoms with Crippen molar-refractivity contribution in [2.24, 2.45) is 0 Å². The average molecular weight is 391 g/mol. The lowest BCUT2D eigenvalue weighted by Gasteiger charge is -2.45. The fraction of sp³-hybridized carbons (Fsp3) is 0.450. The molecule has 2 aliphatic rings. The molecule has 0 unspecified atom stereocenters. The lowest BCUT2D eigenvalue weighted by Crippen LogP contribution is -3.20. The number of amides is 2. The predicted molar refractivity (Wildman–Crippen MR) is 107 cm³/mol. The van der Waals surface area contributed by atoms with Crippen LogP contribution in [0.25, 0.3) is 0 Å². The van der Waals surface area contributed by atoms with Gasteiger partial charge in [-0.05, 0) is 48.9 Å². The summed E-state index contributed by atoms with van der Waals surface area (Å²) in [4.78, 5) is 15.6. The van der Waals surface area contributed by atoms with Crippen LogP contribution >= 0.6 is 22.9 Å². The maximum Gasteiger partial charge on any atom is 0.319 e. The minimum Gasteiger partial charge on any atom is -0.335 e. The van der Waals surface area contributed by atoms with Gasteiger partial charge in [0.1, 0.15) is 6.54 Å². The molecule has 138 valence electrons. The topological polar surface area (TPSA) is 45.6 Å². The average Bonchev–Trinajstić information content (AvgIpc) is 3.08. The van der Waals surface area contributed by atoms with Gasteiger partial charge in [-0.2, -0.15) is 0 Å². The molecule has 2 bridgehead atoms. The third kappa shape index (κ3) is 4.22. The van der Waals surface area contributed by atoms with Gasteiger partial charge in [-0.25, -0.2) is 4.79 Å². The second-order valence-electron chi connectivity index (χ2n) is 7.43. The highest BCUT2D eigenvalue weighted by atomic mass is 35.5. The van der Waals surface area contributed by atoms with Crippen molar-refractivity contribution in [1.82, 2.24) is 5.32 Å². The number of urea groups is 1. The van der Waals surface area contributed by atoms with Crippen LogP contribution in [0.1, 0.15) is 37.0 Å². The van der Waals surface area contributed by atoms with Gasteiger partial charge < -0.3 is 15.5 Å². The normalized spacial score (nSPS) is 27.7. The number of fused-ring (bicyclic) bond motifs is 2. The summed E-state index contributed by atoms with van der Waals surface area (Å²) in [6.07, 6.45) is 6.00. The van der Waals surface area contributed by atoms with Crippen LogP contribution in [0.4, 0.5) is 10.5 Å². The van der Waals surface area contributed by atoms with E-state index in [2.05, 4.69) is 28.1 Å². The van der Waals surface area contributed by atoms with Gasteiger partial charge in [0, 0.05) is 29.6 Å². The van der Waals surface area contributed by atoms with E-state index in [9.17, 15) is 4.79 Å². The number of anilines is 1. The zero-order valence-corrected chi connectivity index (χ0v) is 16.3. The van der Waals surface area contributed by atoms with Crippen molar-refractivity contribution in [1.29, 1.82) is 0 Å². The molecule has 2 saturated heterocycles. The molecule has 1 aromatic carbocycles. The van der Waals surface area contributed by atoms with Crippen LogP contribution in [0.2, 0.25) is 5.02 Å². The molecule has 2 fully saturated rings. The number of benzene rings is 1. The number of carbonyl (C=O) groups excluding carboxylic acids is 1. The van der Waals surface area contributed by atoms with Crippen molar-refractivity contribution < 1.29 is 9.69 Å². The number of nitrogens with one attached hydrogen (secondary N) is 3. The number of quaternary nitrogens is 1. The second-order valence-corrected chi connectivity index (χ2v) is 8.90. The molecule has 3 heterocycles. The maximum absolute atomic E-state index is 12.4. The molecule has 4 nitrogen and oxygen atoms in total. The Balaban J connectivity index is 1.35. The molecule has 0 aliphatic carbocycles. The molecule has 26 heavy (non-hydrogen) atoms. The van der Waals surface area contributed by atoms with E-state index < -0.39 is 0 Å². The Morgan fingerprint density at radius 2 is 2.00 bits per heavy atom. The second kappa shape index (κ2) is 7.99. The molecule has 2 aromatic rings. The summed E-state index contributed by atoms with van der Waals surface area (Å²) in [6, 6.07) is 13.1. The van der Waals surface area contributed by atoms with E-state index in [1.54, 1.807) is 17.0 Å². The van der Waals surface area contributed by atoms with E-state index in [1.807, 2.05) is 23.5 Å². The highest BCUT2D eigenvalue weighted by molar-refractivity contribution is 7.09. The Bertz CT molecular complexity index is 737. The molecule has 4 rings (SSSR count).